The summed E-state index contributed by atoms with van der Waals surface area (Å²) in [5.41, 5.74) is 0.581. The lowest BCUT2D eigenvalue weighted by molar-refractivity contribution is 0.0953. The predicted molar refractivity (Wildman–Crippen MR) is 58.9 cm³/mol. The number of nitrogens with one attached hydrogen (secondary N) is 2. The smallest absolute Gasteiger partial charge is 0.254 e. The summed E-state index contributed by atoms with van der Waals surface area (Å²) >= 11 is 0. The van der Waals surface area contributed by atoms with Gasteiger partial charge in [-0.15, -0.1) is 0 Å². The molecule has 0 fully saturated rings. The van der Waals surface area contributed by atoms with Crippen LogP contribution in [0.3, 0.4) is 0 Å². The van der Waals surface area contributed by atoms with Gasteiger partial charge in [0.05, 0.1) is 5.56 Å². The minimum atomic E-state index is -0.0857. The van der Waals surface area contributed by atoms with Gasteiger partial charge in [0.1, 0.15) is 12.0 Å². The SMILES string of the molecule is Cc1cc(C(=O)NCCNC(C)C)co1. The van der Waals surface area contributed by atoms with Crippen molar-refractivity contribution >= 4 is 5.91 Å². The van der Waals surface area contributed by atoms with Crippen LogP contribution in [-0.2, 0) is 0 Å². The Morgan fingerprint density at radius 1 is 1.47 bits per heavy atom. The maximum absolute atomic E-state index is 11.5. The first-order valence-corrected chi connectivity index (χ1v) is 5.16. The molecular formula is C11H18N2O2. The van der Waals surface area contributed by atoms with E-state index >= 15 is 0 Å². The molecule has 4 heteroatoms. The van der Waals surface area contributed by atoms with E-state index in [2.05, 4.69) is 24.5 Å². The number of aryl methyl sites for hydroxylation is 1. The molecule has 2 N–H and O–H groups in total. The van der Waals surface area contributed by atoms with Crippen LogP contribution in [0.1, 0.15) is 30.0 Å². The Bertz CT molecular complexity index is 318. The van der Waals surface area contributed by atoms with Gasteiger partial charge in [0.15, 0.2) is 0 Å². The predicted octanol–water partition coefficient (Wildman–Crippen LogP) is 1.32. The summed E-state index contributed by atoms with van der Waals surface area (Å²) in [4.78, 5) is 11.5. The highest BCUT2D eigenvalue weighted by atomic mass is 16.3. The van der Waals surface area contributed by atoms with Gasteiger partial charge in [-0.05, 0) is 13.0 Å². The highest BCUT2D eigenvalue weighted by Gasteiger charge is 2.07. The summed E-state index contributed by atoms with van der Waals surface area (Å²) in [5, 5.41) is 6.03. The summed E-state index contributed by atoms with van der Waals surface area (Å²) in [6.07, 6.45) is 1.47. The van der Waals surface area contributed by atoms with Gasteiger partial charge in [0.2, 0.25) is 0 Å². The summed E-state index contributed by atoms with van der Waals surface area (Å²) in [7, 11) is 0. The molecule has 0 saturated heterocycles. The van der Waals surface area contributed by atoms with E-state index in [9.17, 15) is 4.79 Å². The molecule has 0 aliphatic carbocycles. The molecule has 15 heavy (non-hydrogen) atoms. The van der Waals surface area contributed by atoms with Crippen molar-refractivity contribution < 1.29 is 9.21 Å². The Morgan fingerprint density at radius 3 is 2.73 bits per heavy atom. The number of carbonyl (C=O) groups excluding carboxylic acids is 1. The van der Waals surface area contributed by atoms with Gasteiger partial charge in [-0.25, -0.2) is 0 Å². The Morgan fingerprint density at radius 2 is 2.20 bits per heavy atom. The molecule has 4 nitrogen and oxygen atoms in total. The van der Waals surface area contributed by atoms with Gasteiger partial charge in [-0.3, -0.25) is 4.79 Å². The molecule has 1 amide bonds. The minimum absolute atomic E-state index is 0.0857. The highest BCUT2D eigenvalue weighted by Crippen LogP contribution is 2.05. The van der Waals surface area contributed by atoms with E-state index in [0.29, 0.717) is 18.2 Å². The molecule has 0 aliphatic rings. The van der Waals surface area contributed by atoms with Gasteiger partial charge in [0, 0.05) is 19.1 Å². The zero-order valence-corrected chi connectivity index (χ0v) is 9.46. The summed E-state index contributed by atoms with van der Waals surface area (Å²) in [6.45, 7) is 7.36. The van der Waals surface area contributed by atoms with Crippen molar-refractivity contribution in [1.82, 2.24) is 10.6 Å². The third kappa shape index (κ3) is 4.16. The average Bonchev–Trinajstić information content (AvgIpc) is 2.59. The van der Waals surface area contributed by atoms with Crippen molar-refractivity contribution in [3.8, 4) is 0 Å². The largest absolute Gasteiger partial charge is 0.469 e. The fourth-order valence-electron chi connectivity index (χ4n) is 1.20. The molecule has 0 aliphatic heterocycles. The molecule has 0 bridgehead atoms. The second kappa shape index (κ2) is 5.56. The molecule has 1 rings (SSSR count). The topological polar surface area (TPSA) is 54.3 Å². The summed E-state index contributed by atoms with van der Waals surface area (Å²) in [5.74, 6) is 0.665. The van der Waals surface area contributed by atoms with Crippen LogP contribution in [0, 0.1) is 6.92 Å². The Labute approximate surface area is 90.0 Å². The molecule has 0 atom stereocenters. The van der Waals surface area contributed by atoms with Gasteiger partial charge in [-0.2, -0.15) is 0 Å². The monoisotopic (exact) mass is 210 g/mol. The van der Waals surface area contributed by atoms with Crippen LogP contribution in [0.15, 0.2) is 16.7 Å². The summed E-state index contributed by atoms with van der Waals surface area (Å²) in [6, 6.07) is 2.17. The molecule has 1 aromatic heterocycles. The van der Waals surface area contributed by atoms with E-state index in [0.717, 1.165) is 12.3 Å². The molecule has 1 aromatic rings. The maximum atomic E-state index is 11.5. The lowest BCUT2D eigenvalue weighted by Crippen LogP contribution is -2.34. The maximum Gasteiger partial charge on any atom is 0.254 e. The molecule has 0 aromatic carbocycles. The lowest BCUT2D eigenvalue weighted by Gasteiger charge is -2.08. The molecular weight excluding hydrogens is 192 g/mol. The van der Waals surface area contributed by atoms with Crippen LogP contribution in [0.25, 0.3) is 0 Å². The second-order valence-electron chi connectivity index (χ2n) is 3.81. The van der Waals surface area contributed by atoms with Gasteiger partial charge < -0.3 is 15.1 Å². The Hall–Kier alpha value is -1.29. The van der Waals surface area contributed by atoms with Crippen LogP contribution in [0.2, 0.25) is 0 Å². The van der Waals surface area contributed by atoms with E-state index in [1.807, 2.05) is 6.92 Å². The van der Waals surface area contributed by atoms with Gasteiger partial charge in [0.25, 0.3) is 5.91 Å². The molecule has 0 spiro atoms. The van der Waals surface area contributed by atoms with Crippen LogP contribution in [0.4, 0.5) is 0 Å². The van der Waals surface area contributed by atoms with Crippen molar-refractivity contribution in [2.45, 2.75) is 26.8 Å². The molecule has 0 radical (unpaired) electrons. The molecule has 0 saturated carbocycles. The van der Waals surface area contributed by atoms with E-state index < -0.39 is 0 Å². The number of hydrogen-bond donors (Lipinski definition) is 2. The number of furan rings is 1. The van der Waals surface area contributed by atoms with E-state index in [1.165, 1.54) is 6.26 Å². The first-order valence-electron chi connectivity index (χ1n) is 5.16. The van der Waals surface area contributed by atoms with Crippen LogP contribution in [-0.4, -0.2) is 25.0 Å². The molecule has 84 valence electrons. The fraction of sp³-hybridized carbons (Fsp3) is 0.545. The number of amides is 1. The fourth-order valence-corrected chi connectivity index (χ4v) is 1.20. The van der Waals surface area contributed by atoms with Crippen molar-refractivity contribution in [2.24, 2.45) is 0 Å². The lowest BCUT2D eigenvalue weighted by atomic mass is 10.3. The Kier molecular flexibility index (Phi) is 4.37. The number of carbonyl (C=O) groups is 1. The molecule has 0 unspecified atom stereocenters. The Balaban J connectivity index is 2.25. The second-order valence-corrected chi connectivity index (χ2v) is 3.81. The highest BCUT2D eigenvalue weighted by molar-refractivity contribution is 5.93. The first-order chi connectivity index (χ1) is 7.09. The zero-order valence-electron chi connectivity index (χ0n) is 9.46. The van der Waals surface area contributed by atoms with Crippen LogP contribution < -0.4 is 10.6 Å². The standard InChI is InChI=1S/C11H18N2O2/c1-8(2)12-4-5-13-11(14)10-6-9(3)15-7-10/h6-8,12H,4-5H2,1-3H3,(H,13,14). The normalized spacial score (nSPS) is 10.7. The minimum Gasteiger partial charge on any atom is -0.469 e. The van der Waals surface area contributed by atoms with Crippen molar-refractivity contribution in [3.63, 3.8) is 0 Å². The zero-order chi connectivity index (χ0) is 11.3. The third-order valence-electron chi connectivity index (χ3n) is 1.96. The van der Waals surface area contributed by atoms with Crippen molar-refractivity contribution in [1.29, 1.82) is 0 Å². The van der Waals surface area contributed by atoms with E-state index in [4.69, 9.17) is 4.42 Å². The van der Waals surface area contributed by atoms with Crippen LogP contribution in [0.5, 0.6) is 0 Å². The van der Waals surface area contributed by atoms with Crippen molar-refractivity contribution in [2.75, 3.05) is 13.1 Å². The van der Waals surface area contributed by atoms with Gasteiger partial charge >= 0.3 is 0 Å². The van der Waals surface area contributed by atoms with Crippen molar-refractivity contribution in [3.05, 3.63) is 23.7 Å². The van der Waals surface area contributed by atoms with E-state index in [-0.39, 0.29) is 5.91 Å². The third-order valence-corrected chi connectivity index (χ3v) is 1.96. The van der Waals surface area contributed by atoms with E-state index in [1.54, 1.807) is 6.07 Å². The first kappa shape index (κ1) is 11.8. The average molecular weight is 210 g/mol. The summed E-state index contributed by atoms with van der Waals surface area (Å²) < 4.78 is 5.05. The molecule has 1 heterocycles. The van der Waals surface area contributed by atoms with Gasteiger partial charge in [-0.1, -0.05) is 13.8 Å². The number of rotatable bonds is 5. The number of hydrogen-bond acceptors (Lipinski definition) is 3. The van der Waals surface area contributed by atoms with Crippen LogP contribution >= 0.6 is 0 Å². The quantitative estimate of drug-likeness (QED) is 0.721.